The van der Waals surface area contributed by atoms with E-state index in [1.807, 2.05) is 107 Å². The lowest BCUT2D eigenvalue weighted by atomic mass is 10.0. The molecule has 5 aromatic rings. The van der Waals surface area contributed by atoms with Gasteiger partial charge in [0.15, 0.2) is 0 Å². The van der Waals surface area contributed by atoms with Gasteiger partial charge in [-0.05, 0) is 101 Å². The monoisotopic (exact) mass is 784 g/mol. The molecule has 2 unspecified atom stereocenters. The minimum absolute atomic E-state index is 0.0462. The van der Waals surface area contributed by atoms with Crippen LogP contribution in [0.25, 0.3) is 21.5 Å². The van der Waals surface area contributed by atoms with E-state index in [1.165, 1.54) is 38.5 Å². The first-order valence-corrected chi connectivity index (χ1v) is 21.8. The number of anilines is 2. The van der Waals surface area contributed by atoms with Gasteiger partial charge in [-0.2, -0.15) is 0 Å². The fourth-order valence-electron chi connectivity index (χ4n) is 7.54. The number of benzene rings is 5. The summed E-state index contributed by atoms with van der Waals surface area (Å²) in [5.74, 6) is 1.50. The number of ether oxygens (including phenoxy) is 4. The molecule has 7 rings (SSSR count). The summed E-state index contributed by atoms with van der Waals surface area (Å²) >= 11 is 0. The van der Waals surface area contributed by atoms with E-state index in [0.717, 1.165) is 96.2 Å². The van der Waals surface area contributed by atoms with Gasteiger partial charge < -0.3 is 28.7 Å². The molecule has 2 aliphatic rings. The van der Waals surface area contributed by atoms with Crippen molar-refractivity contribution in [1.82, 2.24) is 0 Å². The molecule has 0 saturated carbocycles. The van der Waals surface area contributed by atoms with E-state index in [9.17, 15) is 9.59 Å². The Kier molecular flexibility index (Phi) is 14.7. The second-order valence-corrected chi connectivity index (χ2v) is 15.9. The third-order valence-electron chi connectivity index (χ3n) is 11.2. The number of hydrogen-bond donors (Lipinski definition) is 0. The highest BCUT2D eigenvalue weighted by Crippen LogP contribution is 2.30. The van der Waals surface area contributed by atoms with Gasteiger partial charge in [0.1, 0.15) is 36.9 Å². The van der Waals surface area contributed by atoms with Gasteiger partial charge in [-0.1, -0.05) is 108 Å². The summed E-state index contributed by atoms with van der Waals surface area (Å²) in [5, 5.41) is 4.00. The summed E-state index contributed by atoms with van der Waals surface area (Å²) in [4.78, 5) is 32.9. The van der Waals surface area contributed by atoms with Crippen LogP contribution < -0.4 is 19.3 Å². The number of amides is 2. The molecule has 5 aromatic carbocycles. The first-order chi connectivity index (χ1) is 28.5. The normalized spacial score (nSPS) is 15.7. The van der Waals surface area contributed by atoms with Crippen LogP contribution in [-0.4, -0.2) is 63.5 Å². The summed E-state index contributed by atoms with van der Waals surface area (Å²) in [6.07, 6.45) is 13.9. The number of nitrogens with zero attached hydrogens (tertiary/aromatic N) is 2. The fourth-order valence-corrected chi connectivity index (χ4v) is 7.54. The van der Waals surface area contributed by atoms with Crippen LogP contribution in [0.1, 0.15) is 112 Å². The molecule has 0 spiro atoms. The third-order valence-corrected chi connectivity index (χ3v) is 11.2. The van der Waals surface area contributed by atoms with Crippen molar-refractivity contribution >= 4 is 44.7 Å². The number of carbonyl (C=O) groups excluding carboxylic acids is 2. The lowest BCUT2D eigenvalue weighted by Gasteiger charge is -2.27. The topological polar surface area (TPSA) is 84.1 Å². The Morgan fingerprint density at radius 3 is 1.34 bits per heavy atom. The number of hydrogen-bond acceptors (Lipinski definition) is 6. The summed E-state index contributed by atoms with van der Waals surface area (Å²) in [5.41, 5.74) is 2.86. The van der Waals surface area contributed by atoms with Gasteiger partial charge in [-0.15, -0.1) is 0 Å². The predicted molar refractivity (Wildman–Crippen MR) is 235 cm³/mol. The molecule has 2 saturated heterocycles. The van der Waals surface area contributed by atoms with Crippen LogP contribution in [0.5, 0.6) is 11.5 Å². The van der Waals surface area contributed by atoms with Crippen molar-refractivity contribution in [2.75, 3.05) is 49.3 Å². The van der Waals surface area contributed by atoms with Gasteiger partial charge in [-0.3, -0.25) is 9.59 Å². The van der Waals surface area contributed by atoms with Crippen LogP contribution in [-0.2, 0) is 9.47 Å². The molecule has 2 amide bonds. The van der Waals surface area contributed by atoms with Crippen molar-refractivity contribution in [2.24, 2.45) is 0 Å². The highest BCUT2D eigenvalue weighted by atomic mass is 16.6. The standard InChI is InChI=1S/C50H60N2O6/c1-3-5-7-9-11-13-26-51(49(53)41-20-18-39-30-45(24-22-37(39)28-41)55-33-47-35-57-47)43-16-15-17-44(32-43)52(27-14-12-10-8-6-4-2)50(54)42-21-19-40-31-46(25-23-38(40)29-42)56-34-48-36-58-48/h15-25,28-32,47-48H,3-14,26-27,33-36H2,1-2H3. The fraction of sp³-hybridized carbons (Fsp3) is 0.440. The van der Waals surface area contributed by atoms with Crippen LogP contribution in [0.4, 0.5) is 11.4 Å². The smallest absolute Gasteiger partial charge is 0.258 e. The minimum atomic E-state index is -0.0462. The molecule has 58 heavy (non-hydrogen) atoms. The number of unbranched alkanes of at least 4 members (excludes halogenated alkanes) is 10. The van der Waals surface area contributed by atoms with E-state index < -0.39 is 0 Å². The predicted octanol–water partition coefficient (Wildman–Crippen LogP) is 11.6. The average Bonchev–Trinajstić information content (AvgIpc) is 4.20. The molecule has 8 heteroatoms. The molecular formula is C50H60N2O6. The van der Waals surface area contributed by atoms with Crippen molar-refractivity contribution in [1.29, 1.82) is 0 Å². The first kappa shape index (κ1) is 41.2. The zero-order valence-corrected chi connectivity index (χ0v) is 34.5. The molecule has 0 bridgehead atoms. The summed E-state index contributed by atoms with van der Waals surface area (Å²) in [6, 6.07) is 31.8. The molecule has 2 atom stereocenters. The highest BCUT2D eigenvalue weighted by molar-refractivity contribution is 6.10. The number of epoxide rings is 2. The molecule has 2 heterocycles. The van der Waals surface area contributed by atoms with Gasteiger partial charge in [0, 0.05) is 35.6 Å². The quantitative estimate of drug-likeness (QED) is 0.0458. The van der Waals surface area contributed by atoms with Crippen molar-refractivity contribution in [3.05, 3.63) is 108 Å². The van der Waals surface area contributed by atoms with Crippen molar-refractivity contribution < 1.29 is 28.5 Å². The van der Waals surface area contributed by atoms with E-state index in [1.54, 1.807) is 0 Å². The maximum atomic E-state index is 14.6. The van der Waals surface area contributed by atoms with Crippen LogP contribution in [0.3, 0.4) is 0 Å². The van der Waals surface area contributed by atoms with Crippen molar-refractivity contribution in [3.63, 3.8) is 0 Å². The van der Waals surface area contributed by atoms with E-state index in [0.29, 0.717) is 37.4 Å². The van der Waals surface area contributed by atoms with Gasteiger partial charge >= 0.3 is 0 Å². The van der Waals surface area contributed by atoms with Crippen LogP contribution in [0, 0.1) is 0 Å². The van der Waals surface area contributed by atoms with Gasteiger partial charge in [0.2, 0.25) is 0 Å². The van der Waals surface area contributed by atoms with E-state index in [-0.39, 0.29) is 24.0 Å². The van der Waals surface area contributed by atoms with Gasteiger partial charge in [0.05, 0.1) is 13.2 Å². The molecular weight excluding hydrogens is 725 g/mol. The Morgan fingerprint density at radius 2 is 0.914 bits per heavy atom. The van der Waals surface area contributed by atoms with Crippen molar-refractivity contribution in [2.45, 2.75) is 103 Å². The molecule has 0 N–H and O–H groups in total. The Balaban J connectivity index is 1.14. The minimum Gasteiger partial charge on any atom is -0.491 e. The van der Waals surface area contributed by atoms with Crippen LogP contribution in [0.15, 0.2) is 97.1 Å². The van der Waals surface area contributed by atoms with E-state index >= 15 is 0 Å². The Bertz CT molecular complexity index is 1980. The summed E-state index contributed by atoms with van der Waals surface area (Å²) in [7, 11) is 0. The van der Waals surface area contributed by atoms with Gasteiger partial charge in [-0.25, -0.2) is 0 Å². The molecule has 306 valence electrons. The van der Waals surface area contributed by atoms with Crippen LogP contribution >= 0.6 is 0 Å². The lowest BCUT2D eigenvalue weighted by Crippen LogP contribution is -2.34. The SMILES string of the molecule is CCCCCCCCN(C(=O)c1ccc2cc(OCC3CO3)ccc2c1)c1cccc(N(CCCCCCCC)C(=O)c2ccc3cc(OCC4CO4)ccc3c2)c1. The molecule has 8 nitrogen and oxygen atoms in total. The third kappa shape index (κ3) is 11.6. The largest absolute Gasteiger partial charge is 0.491 e. The zero-order chi connectivity index (χ0) is 40.1. The molecule has 0 aromatic heterocycles. The van der Waals surface area contributed by atoms with Gasteiger partial charge in [0.25, 0.3) is 11.8 Å². The maximum absolute atomic E-state index is 14.6. The second-order valence-electron chi connectivity index (χ2n) is 15.9. The molecule has 2 aliphatic heterocycles. The highest BCUT2D eigenvalue weighted by Gasteiger charge is 2.25. The first-order valence-electron chi connectivity index (χ1n) is 21.8. The molecule has 0 aliphatic carbocycles. The Labute approximate surface area is 344 Å². The number of rotatable bonds is 24. The van der Waals surface area contributed by atoms with E-state index in [2.05, 4.69) is 13.8 Å². The van der Waals surface area contributed by atoms with Crippen molar-refractivity contribution in [3.8, 4) is 11.5 Å². The summed E-state index contributed by atoms with van der Waals surface area (Å²) < 4.78 is 22.4. The average molecular weight is 785 g/mol. The number of carbonyl (C=O) groups is 2. The molecule has 0 radical (unpaired) electrons. The number of fused-ring (bicyclic) bond motifs is 2. The summed E-state index contributed by atoms with van der Waals surface area (Å²) in [6.45, 7) is 8.25. The maximum Gasteiger partial charge on any atom is 0.258 e. The zero-order valence-electron chi connectivity index (χ0n) is 34.5. The lowest BCUT2D eigenvalue weighted by molar-refractivity contribution is 0.0980. The Hall–Kier alpha value is -4.92. The van der Waals surface area contributed by atoms with E-state index in [4.69, 9.17) is 18.9 Å². The Morgan fingerprint density at radius 1 is 0.517 bits per heavy atom. The van der Waals surface area contributed by atoms with Crippen LogP contribution in [0.2, 0.25) is 0 Å². The molecule has 2 fully saturated rings. The second kappa shape index (κ2) is 20.7.